The lowest BCUT2D eigenvalue weighted by atomic mass is 10.2. The number of allylic oxidation sites excluding steroid dienone is 5. The van der Waals surface area contributed by atoms with Crippen molar-refractivity contribution in [2.75, 3.05) is 7.11 Å². The summed E-state index contributed by atoms with van der Waals surface area (Å²) in [6.45, 7) is 0. The van der Waals surface area contributed by atoms with Gasteiger partial charge in [0.1, 0.15) is 11.6 Å². The van der Waals surface area contributed by atoms with Crippen LogP contribution in [0.25, 0.3) is 0 Å². The van der Waals surface area contributed by atoms with Gasteiger partial charge in [-0.05, 0) is 12.5 Å². The predicted molar refractivity (Wildman–Crippen MR) is 42.7 cm³/mol. The fraction of sp³-hybridized carbons (Fsp3) is 0.333. The Balaban J connectivity index is 2.76. The Kier molecular flexibility index (Phi) is 2.90. The van der Waals surface area contributed by atoms with Crippen LogP contribution >= 0.6 is 0 Å². The van der Waals surface area contributed by atoms with Gasteiger partial charge in [0.25, 0.3) is 0 Å². The van der Waals surface area contributed by atoms with Crippen molar-refractivity contribution in [3.05, 3.63) is 35.9 Å². The average molecular weight is 154 g/mol. The normalized spacial score (nSPS) is 20.9. The molecule has 0 fully saturated rings. The molecule has 0 spiro atoms. The van der Waals surface area contributed by atoms with E-state index in [2.05, 4.69) is 0 Å². The highest BCUT2D eigenvalue weighted by molar-refractivity contribution is 5.19. The molecule has 0 bridgehead atoms. The zero-order chi connectivity index (χ0) is 8.10. The van der Waals surface area contributed by atoms with Crippen LogP contribution in [0.5, 0.6) is 0 Å². The molecule has 1 aliphatic carbocycles. The van der Waals surface area contributed by atoms with Gasteiger partial charge in [0.05, 0.1) is 7.11 Å². The molecule has 0 heterocycles. The van der Waals surface area contributed by atoms with E-state index in [4.69, 9.17) is 4.74 Å². The van der Waals surface area contributed by atoms with Crippen LogP contribution in [-0.2, 0) is 4.74 Å². The van der Waals surface area contributed by atoms with E-state index in [1.165, 1.54) is 6.08 Å². The van der Waals surface area contributed by atoms with Gasteiger partial charge >= 0.3 is 0 Å². The van der Waals surface area contributed by atoms with Crippen LogP contribution in [0.15, 0.2) is 35.9 Å². The Morgan fingerprint density at radius 2 is 2.27 bits per heavy atom. The molecule has 0 unspecified atom stereocenters. The van der Waals surface area contributed by atoms with Gasteiger partial charge < -0.3 is 4.74 Å². The third-order valence-electron chi connectivity index (χ3n) is 1.47. The van der Waals surface area contributed by atoms with Gasteiger partial charge in [-0.3, -0.25) is 0 Å². The summed E-state index contributed by atoms with van der Waals surface area (Å²) in [5.74, 6) is 0.445. The molecular formula is C9H11FO. The molecule has 0 atom stereocenters. The number of halogens is 1. The Morgan fingerprint density at radius 1 is 1.45 bits per heavy atom. The molecule has 0 aromatic rings. The molecule has 0 saturated heterocycles. The second-order valence-electron chi connectivity index (χ2n) is 2.31. The van der Waals surface area contributed by atoms with Crippen LogP contribution in [0.1, 0.15) is 12.8 Å². The molecule has 0 aromatic carbocycles. The van der Waals surface area contributed by atoms with Crippen molar-refractivity contribution >= 4 is 0 Å². The maximum absolute atomic E-state index is 12.8. The first-order valence-corrected chi connectivity index (χ1v) is 3.58. The molecule has 0 radical (unpaired) electrons. The standard InChI is InChI=1S/C9H11FO/c1-11-9-6-4-2-3-5-8(10)7-9/h2-3,6-7H,4-5H2,1H3/b3-2-,8-7?,9-6?. The number of methoxy groups -OCH3 is 1. The van der Waals surface area contributed by atoms with Gasteiger partial charge in [-0.15, -0.1) is 0 Å². The van der Waals surface area contributed by atoms with Crippen LogP contribution in [0.2, 0.25) is 0 Å². The van der Waals surface area contributed by atoms with Crippen LogP contribution in [0.3, 0.4) is 0 Å². The molecule has 1 nitrogen and oxygen atoms in total. The van der Waals surface area contributed by atoms with E-state index in [0.717, 1.165) is 6.42 Å². The molecule has 0 saturated carbocycles. The first kappa shape index (κ1) is 8.05. The van der Waals surface area contributed by atoms with Crippen molar-refractivity contribution in [2.24, 2.45) is 0 Å². The fourth-order valence-corrected chi connectivity index (χ4v) is 0.891. The van der Waals surface area contributed by atoms with Crippen LogP contribution < -0.4 is 0 Å². The SMILES string of the molecule is COC1=CC/C=C\CC(F)=C1. The molecule has 0 aromatic heterocycles. The highest BCUT2D eigenvalue weighted by Crippen LogP contribution is 2.13. The van der Waals surface area contributed by atoms with Crippen molar-refractivity contribution in [3.63, 3.8) is 0 Å². The molecule has 0 amide bonds. The van der Waals surface area contributed by atoms with Gasteiger partial charge in [-0.1, -0.05) is 12.2 Å². The largest absolute Gasteiger partial charge is 0.497 e. The molecule has 2 heteroatoms. The first-order valence-electron chi connectivity index (χ1n) is 3.58. The summed E-state index contributed by atoms with van der Waals surface area (Å²) in [6, 6.07) is 0. The summed E-state index contributed by atoms with van der Waals surface area (Å²) >= 11 is 0. The third kappa shape index (κ3) is 2.58. The summed E-state index contributed by atoms with van der Waals surface area (Å²) in [7, 11) is 1.54. The summed E-state index contributed by atoms with van der Waals surface area (Å²) in [5, 5.41) is 0. The van der Waals surface area contributed by atoms with E-state index in [9.17, 15) is 4.39 Å². The minimum Gasteiger partial charge on any atom is -0.497 e. The Morgan fingerprint density at radius 3 is 3.00 bits per heavy atom. The highest BCUT2D eigenvalue weighted by Gasteiger charge is 1.97. The minimum absolute atomic E-state index is 0.158. The maximum Gasteiger partial charge on any atom is 0.117 e. The van der Waals surface area contributed by atoms with Gasteiger partial charge in [-0.25, -0.2) is 4.39 Å². The van der Waals surface area contributed by atoms with Gasteiger partial charge in [0, 0.05) is 12.5 Å². The molecule has 0 aliphatic heterocycles. The molecule has 0 N–H and O–H groups in total. The Hall–Kier alpha value is -1.05. The first-order chi connectivity index (χ1) is 5.33. The zero-order valence-corrected chi connectivity index (χ0v) is 6.51. The zero-order valence-electron chi connectivity index (χ0n) is 6.51. The second kappa shape index (κ2) is 3.96. The quantitative estimate of drug-likeness (QED) is 0.527. The lowest BCUT2D eigenvalue weighted by Gasteiger charge is -2.02. The van der Waals surface area contributed by atoms with Crippen LogP contribution in [0.4, 0.5) is 4.39 Å². The maximum atomic E-state index is 12.8. The van der Waals surface area contributed by atoms with Crippen LogP contribution in [0, 0.1) is 0 Å². The van der Waals surface area contributed by atoms with E-state index < -0.39 is 0 Å². The smallest absolute Gasteiger partial charge is 0.117 e. The summed E-state index contributed by atoms with van der Waals surface area (Å²) in [6.07, 6.45) is 8.19. The predicted octanol–water partition coefficient (Wildman–Crippen LogP) is 2.72. The third-order valence-corrected chi connectivity index (χ3v) is 1.47. The van der Waals surface area contributed by atoms with E-state index in [1.54, 1.807) is 7.11 Å². The van der Waals surface area contributed by atoms with E-state index in [-0.39, 0.29) is 5.83 Å². The lowest BCUT2D eigenvalue weighted by Crippen LogP contribution is -1.85. The fourth-order valence-electron chi connectivity index (χ4n) is 0.891. The van der Waals surface area contributed by atoms with Crippen molar-refractivity contribution in [1.29, 1.82) is 0 Å². The number of hydrogen-bond acceptors (Lipinski definition) is 1. The van der Waals surface area contributed by atoms with E-state index >= 15 is 0 Å². The molecule has 1 aliphatic rings. The van der Waals surface area contributed by atoms with Gasteiger partial charge in [-0.2, -0.15) is 0 Å². The topological polar surface area (TPSA) is 9.23 Å². The Bertz CT molecular complexity index is 214. The summed E-state index contributed by atoms with van der Waals surface area (Å²) in [4.78, 5) is 0. The van der Waals surface area contributed by atoms with Crippen molar-refractivity contribution < 1.29 is 9.13 Å². The highest BCUT2D eigenvalue weighted by atomic mass is 19.1. The van der Waals surface area contributed by atoms with Crippen molar-refractivity contribution in [1.82, 2.24) is 0 Å². The number of hydrogen-bond donors (Lipinski definition) is 0. The molecule has 60 valence electrons. The summed E-state index contributed by atoms with van der Waals surface area (Å²) < 4.78 is 17.7. The number of rotatable bonds is 1. The Labute approximate surface area is 65.9 Å². The van der Waals surface area contributed by atoms with E-state index in [0.29, 0.717) is 12.2 Å². The van der Waals surface area contributed by atoms with Crippen molar-refractivity contribution in [3.8, 4) is 0 Å². The monoisotopic (exact) mass is 154 g/mol. The molecule has 11 heavy (non-hydrogen) atoms. The summed E-state index contributed by atoms with van der Waals surface area (Å²) in [5.41, 5.74) is 0. The van der Waals surface area contributed by atoms with Crippen LogP contribution in [-0.4, -0.2) is 7.11 Å². The molecule has 1 rings (SSSR count). The van der Waals surface area contributed by atoms with Gasteiger partial charge in [0.15, 0.2) is 0 Å². The van der Waals surface area contributed by atoms with E-state index in [1.807, 2.05) is 18.2 Å². The lowest BCUT2D eigenvalue weighted by molar-refractivity contribution is 0.303. The van der Waals surface area contributed by atoms with Crippen molar-refractivity contribution in [2.45, 2.75) is 12.8 Å². The number of ether oxygens (including phenoxy) is 1. The van der Waals surface area contributed by atoms with Gasteiger partial charge in [0.2, 0.25) is 0 Å². The molecular weight excluding hydrogens is 143 g/mol. The average Bonchev–Trinajstić information content (AvgIpc) is 1.96. The second-order valence-corrected chi connectivity index (χ2v) is 2.31. The minimum atomic E-state index is -0.158.